The molecule has 0 bridgehead atoms. The van der Waals surface area contributed by atoms with Gasteiger partial charge in [0.2, 0.25) is 0 Å². The second-order valence-electron chi connectivity index (χ2n) is 5.57. The maximum atomic E-state index is 5.97. The minimum absolute atomic E-state index is 0.365. The first-order valence-corrected chi connectivity index (χ1v) is 9.83. The lowest BCUT2D eigenvalue weighted by atomic mass is 10.2. The highest BCUT2D eigenvalue weighted by Gasteiger charge is 2.11. The van der Waals surface area contributed by atoms with Gasteiger partial charge in [-0.3, -0.25) is 0 Å². The van der Waals surface area contributed by atoms with E-state index in [9.17, 15) is 0 Å². The summed E-state index contributed by atoms with van der Waals surface area (Å²) in [7, 11) is 1.96. The number of hydrogen-bond acceptors (Lipinski definition) is 4. The van der Waals surface area contributed by atoms with Gasteiger partial charge in [-0.15, -0.1) is 10.2 Å². The Balaban J connectivity index is 1.62. The molecule has 0 spiro atoms. The van der Waals surface area contributed by atoms with Crippen LogP contribution in [0, 0.1) is 6.92 Å². The molecule has 4 nitrogen and oxygen atoms in total. The molecule has 0 saturated heterocycles. The van der Waals surface area contributed by atoms with E-state index in [0.29, 0.717) is 11.6 Å². The predicted octanol–water partition coefficient (Wildman–Crippen LogP) is 5.41. The fourth-order valence-electron chi connectivity index (χ4n) is 2.29. The van der Waals surface area contributed by atoms with Crippen LogP contribution in [0.2, 0.25) is 5.02 Å². The van der Waals surface area contributed by atoms with Gasteiger partial charge in [-0.2, -0.15) is 0 Å². The van der Waals surface area contributed by atoms with Crippen LogP contribution in [-0.4, -0.2) is 14.8 Å². The van der Waals surface area contributed by atoms with Crippen molar-refractivity contribution in [3.8, 4) is 5.75 Å². The Hall–Kier alpha value is -1.50. The maximum absolute atomic E-state index is 5.97. The molecule has 1 heterocycles. The zero-order chi connectivity index (χ0) is 17.8. The van der Waals surface area contributed by atoms with Crippen LogP contribution in [-0.2, 0) is 19.4 Å². The molecule has 0 amide bonds. The molecule has 3 rings (SSSR count). The number of benzene rings is 2. The van der Waals surface area contributed by atoms with Crippen LogP contribution in [0.4, 0.5) is 0 Å². The summed E-state index contributed by atoms with van der Waals surface area (Å²) in [6.45, 7) is 2.33. The lowest BCUT2D eigenvalue weighted by molar-refractivity contribution is 0.288. The van der Waals surface area contributed by atoms with Crippen LogP contribution < -0.4 is 4.74 Å². The van der Waals surface area contributed by atoms with E-state index in [-0.39, 0.29) is 0 Å². The number of aromatic nitrogens is 3. The van der Waals surface area contributed by atoms with Crippen LogP contribution in [0.1, 0.15) is 17.0 Å². The Morgan fingerprint density at radius 1 is 1.20 bits per heavy atom. The van der Waals surface area contributed by atoms with Crippen molar-refractivity contribution in [2.75, 3.05) is 0 Å². The van der Waals surface area contributed by atoms with E-state index in [2.05, 4.69) is 38.3 Å². The molecule has 0 atom stereocenters. The van der Waals surface area contributed by atoms with E-state index in [1.165, 1.54) is 5.56 Å². The average Bonchev–Trinajstić information content (AvgIpc) is 2.92. The van der Waals surface area contributed by atoms with Crippen molar-refractivity contribution in [3.05, 3.63) is 68.9 Å². The number of thioether (sulfide) groups is 1. The molecule has 0 saturated carbocycles. The number of hydrogen-bond donors (Lipinski definition) is 0. The van der Waals surface area contributed by atoms with Crippen molar-refractivity contribution in [2.24, 2.45) is 7.05 Å². The normalized spacial score (nSPS) is 10.9. The molecule has 0 aliphatic carbocycles. The highest BCUT2D eigenvalue weighted by atomic mass is 79.9. The molecule has 25 heavy (non-hydrogen) atoms. The molecule has 1 aromatic heterocycles. The Bertz CT molecular complexity index is 885. The lowest BCUT2D eigenvalue weighted by Gasteiger charge is -2.09. The molecule has 0 aliphatic heterocycles. The summed E-state index contributed by atoms with van der Waals surface area (Å²) < 4.78 is 8.90. The molecule has 0 fully saturated rings. The topological polar surface area (TPSA) is 39.9 Å². The largest absolute Gasteiger partial charge is 0.485 e. The van der Waals surface area contributed by atoms with Gasteiger partial charge in [0, 0.05) is 22.3 Å². The zero-order valence-corrected chi connectivity index (χ0v) is 17.0. The first kappa shape index (κ1) is 18.3. The number of aryl methyl sites for hydroxylation is 1. The molecule has 7 heteroatoms. The quantitative estimate of drug-likeness (QED) is 0.482. The van der Waals surface area contributed by atoms with Gasteiger partial charge in [-0.25, -0.2) is 0 Å². The van der Waals surface area contributed by atoms with E-state index >= 15 is 0 Å². The number of rotatable bonds is 6. The molecule has 3 aromatic rings. The van der Waals surface area contributed by atoms with Gasteiger partial charge in [0.15, 0.2) is 11.0 Å². The van der Waals surface area contributed by atoms with Crippen molar-refractivity contribution >= 4 is 39.3 Å². The second-order valence-corrected chi connectivity index (χ2v) is 7.87. The van der Waals surface area contributed by atoms with E-state index < -0.39 is 0 Å². The molecule has 0 aliphatic rings. The van der Waals surface area contributed by atoms with Crippen LogP contribution >= 0.6 is 39.3 Å². The molecule has 130 valence electrons. The highest BCUT2D eigenvalue weighted by Crippen LogP contribution is 2.25. The third kappa shape index (κ3) is 4.77. The highest BCUT2D eigenvalue weighted by molar-refractivity contribution is 9.10. The molecule has 0 unspecified atom stereocenters. The summed E-state index contributed by atoms with van der Waals surface area (Å²) >= 11 is 11.1. The van der Waals surface area contributed by atoms with Crippen LogP contribution in [0.15, 0.2) is 52.1 Å². The van der Waals surface area contributed by atoms with Gasteiger partial charge < -0.3 is 9.30 Å². The predicted molar refractivity (Wildman–Crippen MR) is 105 cm³/mol. The summed E-state index contributed by atoms with van der Waals surface area (Å²) in [5, 5.41) is 10.1. The standard InChI is InChI=1S/C18H17BrClN3OS/c1-12-8-15(20)6-7-16(12)24-10-17-21-22-18(23(17)2)25-11-13-4-3-5-14(19)9-13/h3-9H,10-11H2,1-2H3. The van der Waals surface area contributed by atoms with E-state index in [1.807, 2.05) is 48.9 Å². The average molecular weight is 439 g/mol. The van der Waals surface area contributed by atoms with Gasteiger partial charge in [0.05, 0.1) is 0 Å². The first-order chi connectivity index (χ1) is 12.0. The monoisotopic (exact) mass is 437 g/mol. The fourth-order valence-corrected chi connectivity index (χ4v) is 3.83. The number of ether oxygens (including phenoxy) is 1. The minimum Gasteiger partial charge on any atom is -0.485 e. The zero-order valence-electron chi connectivity index (χ0n) is 13.9. The first-order valence-electron chi connectivity index (χ1n) is 7.67. The molecule has 0 N–H and O–H groups in total. The van der Waals surface area contributed by atoms with Gasteiger partial charge in [0.25, 0.3) is 0 Å². The Morgan fingerprint density at radius 2 is 2.04 bits per heavy atom. The van der Waals surface area contributed by atoms with Gasteiger partial charge in [0.1, 0.15) is 12.4 Å². The summed E-state index contributed by atoms with van der Waals surface area (Å²) in [4.78, 5) is 0. The van der Waals surface area contributed by atoms with Gasteiger partial charge in [-0.1, -0.05) is 51.4 Å². The van der Waals surface area contributed by atoms with E-state index in [1.54, 1.807) is 11.8 Å². The van der Waals surface area contributed by atoms with Crippen LogP contribution in [0.25, 0.3) is 0 Å². The maximum Gasteiger partial charge on any atom is 0.191 e. The summed E-state index contributed by atoms with van der Waals surface area (Å²) in [6, 6.07) is 13.8. The second kappa shape index (κ2) is 8.25. The summed E-state index contributed by atoms with van der Waals surface area (Å²) in [5.41, 5.74) is 2.23. The van der Waals surface area contributed by atoms with Crippen molar-refractivity contribution < 1.29 is 4.74 Å². The third-order valence-corrected chi connectivity index (χ3v) is 5.50. The number of nitrogens with zero attached hydrogens (tertiary/aromatic N) is 3. The Labute approximate surface area is 164 Å². The van der Waals surface area contributed by atoms with Crippen molar-refractivity contribution in [2.45, 2.75) is 24.4 Å². The smallest absolute Gasteiger partial charge is 0.191 e. The number of halogens is 2. The molecular weight excluding hydrogens is 422 g/mol. The SMILES string of the molecule is Cc1cc(Cl)ccc1OCc1nnc(SCc2cccc(Br)c2)n1C. The van der Waals surface area contributed by atoms with E-state index in [4.69, 9.17) is 16.3 Å². The van der Waals surface area contributed by atoms with Crippen molar-refractivity contribution in [1.29, 1.82) is 0 Å². The van der Waals surface area contributed by atoms with Crippen LogP contribution in [0.5, 0.6) is 5.75 Å². The summed E-state index contributed by atoms with van der Waals surface area (Å²) in [6.07, 6.45) is 0. The molecule has 0 radical (unpaired) electrons. The van der Waals surface area contributed by atoms with Gasteiger partial charge >= 0.3 is 0 Å². The molecule has 2 aromatic carbocycles. The summed E-state index contributed by atoms with van der Waals surface area (Å²) in [5.74, 6) is 2.42. The molecular formula is C18H17BrClN3OS. The van der Waals surface area contributed by atoms with E-state index in [0.717, 1.165) is 32.5 Å². The fraction of sp³-hybridized carbons (Fsp3) is 0.222. The Morgan fingerprint density at radius 3 is 2.80 bits per heavy atom. The van der Waals surface area contributed by atoms with Gasteiger partial charge in [-0.05, 0) is 48.4 Å². The van der Waals surface area contributed by atoms with Crippen molar-refractivity contribution in [3.63, 3.8) is 0 Å². The van der Waals surface area contributed by atoms with Crippen molar-refractivity contribution in [1.82, 2.24) is 14.8 Å². The van der Waals surface area contributed by atoms with Crippen LogP contribution in [0.3, 0.4) is 0 Å². The minimum atomic E-state index is 0.365. The lowest BCUT2D eigenvalue weighted by Crippen LogP contribution is -2.05. The Kier molecular flexibility index (Phi) is 6.04. The third-order valence-electron chi connectivity index (χ3n) is 3.68.